The number of carbonyl (C=O) groups excluding carboxylic acids is 1. The Hall–Kier alpha value is -2.60. The maximum atomic E-state index is 13.5. The molecule has 1 saturated carbocycles. The summed E-state index contributed by atoms with van der Waals surface area (Å²) in [5, 5.41) is 4.34. The average molecular weight is 561 g/mol. The Morgan fingerprint density at radius 2 is 1.37 bits per heavy atom. The Balaban J connectivity index is 1.57. The van der Waals surface area contributed by atoms with Gasteiger partial charge in [0, 0.05) is 25.3 Å². The van der Waals surface area contributed by atoms with Crippen LogP contribution in [0.4, 0.5) is 0 Å². The molecule has 1 saturated heterocycles. The molecule has 0 unspecified atom stereocenters. The zero-order chi connectivity index (χ0) is 27.6. The number of hydrogen-bond donors (Lipinski definition) is 1. The van der Waals surface area contributed by atoms with Crippen LogP contribution in [0.15, 0.2) is 75.6 Å². The summed E-state index contributed by atoms with van der Waals surface area (Å²) in [6.45, 7) is 6.12. The normalized spacial score (nSPS) is 22.1. The zero-order valence-electron chi connectivity index (χ0n) is 22.1. The van der Waals surface area contributed by atoms with E-state index in [0.717, 1.165) is 35.7 Å². The Morgan fingerprint density at radius 3 is 1.89 bits per heavy atom. The van der Waals surface area contributed by atoms with E-state index in [2.05, 4.69) is 31.3 Å². The first-order chi connectivity index (χ1) is 17.9. The first-order valence-electron chi connectivity index (χ1n) is 12.9. The largest absolute Gasteiger partial charge is 0.271 e. The Kier molecular flexibility index (Phi) is 8.41. The smallest absolute Gasteiger partial charge is 0.259 e. The summed E-state index contributed by atoms with van der Waals surface area (Å²) >= 11 is 0. The number of piperazine rings is 1. The van der Waals surface area contributed by atoms with Crippen molar-refractivity contribution in [1.82, 2.24) is 14.0 Å². The highest BCUT2D eigenvalue weighted by molar-refractivity contribution is 7.89. The first kappa shape index (κ1) is 28.4. The van der Waals surface area contributed by atoms with E-state index in [4.69, 9.17) is 0 Å². The summed E-state index contributed by atoms with van der Waals surface area (Å²) in [7, 11) is -7.98. The number of amides is 1. The van der Waals surface area contributed by atoms with Crippen LogP contribution in [-0.4, -0.2) is 62.7 Å². The van der Waals surface area contributed by atoms with Crippen molar-refractivity contribution in [1.29, 1.82) is 0 Å². The lowest BCUT2D eigenvalue weighted by molar-refractivity contribution is -0.125. The molecule has 9 nitrogen and oxygen atoms in total. The minimum atomic E-state index is -4.05. The molecule has 4 rings (SSSR count). The summed E-state index contributed by atoms with van der Waals surface area (Å²) in [6.07, 6.45) is 3.46. The number of nitrogens with zero attached hydrogens (tertiary/aromatic N) is 3. The maximum Gasteiger partial charge on any atom is 0.259 e. The van der Waals surface area contributed by atoms with Crippen LogP contribution in [0.1, 0.15) is 46.5 Å². The number of nitrogens with one attached hydrogen (secondary N) is 1. The number of rotatable bonds is 6. The topological polar surface area (TPSA) is 116 Å². The Bertz CT molecular complexity index is 1360. The summed E-state index contributed by atoms with van der Waals surface area (Å²) in [5.41, 5.74) is 3.63. The van der Waals surface area contributed by atoms with Gasteiger partial charge in [-0.3, -0.25) is 4.79 Å². The van der Waals surface area contributed by atoms with Gasteiger partial charge < -0.3 is 0 Å². The van der Waals surface area contributed by atoms with Gasteiger partial charge in [0.25, 0.3) is 5.91 Å². The number of benzene rings is 2. The second kappa shape index (κ2) is 11.3. The van der Waals surface area contributed by atoms with E-state index >= 15 is 0 Å². The zero-order valence-corrected chi connectivity index (χ0v) is 23.7. The van der Waals surface area contributed by atoms with Gasteiger partial charge in [0.05, 0.1) is 9.79 Å². The van der Waals surface area contributed by atoms with Crippen molar-refractivity contribution in [3.05, 3.63) is 60.7 Å². The monoisotopic (exact) mass is 560 g/mol. The highest BCUT2D eigenvalue weighted by Crippen LogP contribution is 2.36. The van der Waals surface area contributed by atoms with Gasteiger partial charge in [-0.05, 0) is 61.3 Å². The fourth-order valence-electron chi connectivity index (χ4n) is 5.07. The average Bonchev–Trinajstić information content (AvgIpc) is 2.92. The molecular weight excluding hydrogens is 524 g/mol. The predicted octanol–water partition coefficient (Wildman–Crippen LogP) is 3.46. The molecule has 0 aromatic heterocycles. The fourth-order valence-corrected chi connectivity index (χ4v) is 8.12. The van der Waals surface area contributed by atoms with Gasteiger partial charge in [0.2, 0.25) is 20.0 Å². The van der Waals surface area contributed by atoms with Crippen LogP contribution in [0.5, 0.6) is 0 Å². The fraction of sp³-hybridized carbons (Fsp3) is 0.481. The van der Waals surface area contributed by atoms with Crippen LogP contribution in [0.2, 0.25) is 0 Å². The third kappa shape index (κ3) is 6.17. The molecule has 38 heavy (non-hydrogen) atoms. The molecule has 2 aliphatic rings. The van der Waals surface area contributed by atoms with E-state index < -0.39 is 32.0 Å². The van der Waals surface area contributed by atoms with Crippen LogP contribution in [0, 0.1) is 11.3 Å². The molecule has 0 spiro atoms. The molecule has 1 amide bonds. The summed E-state index contributed by atoms with van der Waals surface area (Å²) < 4.78 is 55.9. The molecule has 1 N–H and O–H groups in total. The number of carbonyl (C=O) groups is 1. The highest BCUT2D eigenvalue weighted by Gasteiger charge is 2.43. The molecule has 2 aromatic carbocycles. The second-order valence-corrected chi connectivity index (χ2v) is 14.7. The van der Waals surface area contributed by atoms with Crippen LogP contribution < -0.4 is 5.43 Å². The molecule has 1 atom stereocenters. The van der Waals surface area contributed by atoms with Gasteiger partial charge in [-0.25, -0.2) is 22.3 Å². The lowest BCUT2D eigenvalue weighted by Gasteiger charge is -2.38. The predicted molar refractivity (Wildman–Crippen MR) is 146 cm³/mol. The molecule has 0 bridgehead atoms. The Morgan fingerprint density at radius 1 is 0.842 bits per heavy atom. The highest BCUT2D eigenvalue weighted by atomic mass is 32.2. The quantitative estimate of drug-likeness (QED) is 0.543. The molecule has 1 aliphatic carbocycles. The molecule has 1 aliphatic heterocycles. The van der Waals surface area contributed by atoms with E-state index in [1.54, 1.807) is 36.4 Å². The van der Waals surface area contributed by atoms with Crippen molar-refractivity contribution in [3.8, 4) is 0 Å². The molecule has 0 radical (unpaired) electrons. The van der Waals surface area contributed by atoms with Crippen LogP contribution in [0.25, 0.3) is 0 Å². The van der Waals surface area contributed by atoms with Crippen LogP contribution in [-0.2, 0) is 24.8 Å². The Labute approximate surface area is 226 Å². The van der Waals surface area contributed by atoms with Gasteiger partial charge in [0.1, 0.15) is 6.04 Å². The molecular formula is C27H36N4O5S2. The van der Waals surface area contributed by atoms with Crippen molar-refractivity contribution in [3.63, 3.8) is 0 Å². The van der Waals surface area contributed by atoms with Gasteiger partial charge in [-0.1, -0.05) is 57.2 Å². The molecule has 2 aromatic rings. The summed E-state index contributed by atoms with van der Waals surface area (Å²) in [6, 6.07) is 14.5. The van der Waals surface area contributed by atoms with Gasteiger partial charge in [-0.2, -0.15) is 13.7 Å². The van der Waals surface area contributed by atoms with Crippen LogP contribution >= 0.6 is 0 Å². The molecule has 1 heterocycles. The summed E-state index contributed by atoms with van der Waals surface area (Å²) in [5.74, 6) is -0.0818. The van der Waals surface area contributed by atoms with E-state index in [1.165, 1.54) is 28.6 Å². The lowest BCUT2D eigenvalue weighted by Crippen LogP contribution is -2.60. The maximum absolute atomic E-state index is 13.5. The standard InChI is InChI=1S/C27H36N4O5S2/c1-27(2,3)21-14-16-22(17-15-21)28-29-26(32)25-20-30(37(33,34)23-10-6-4-7-11-23)18-19-31(25)38(35,36)24-12-8-5-9-13-24/h4-13,21,25H,14-20H2,1-3H3,(H,29,32)/t21?,25-/m0/s1. The van der Waals surface area contributed by atoms with Gasteiger partial charge >= 0.3 is 0 Å². The van der Waals surface area contributed by atoms with Gasteiger partial charge in [-0.15, -0.1) is 0 Å². The van der Waals surface area contributed by atoms with Crippen LogP contribution in [0.3, 0.4) is 0 Å². The van der Waals surface area contributed by atoms with Crippen molar-refractivity contribution in [2.45, 2.75) is 62.3 Å². The third-order valence-electron chi connectivity index (χ3n) is 7.44. The summed E-state index contributed by atoms with van der Waals surface area (Å²) in [4.78, 5) is 13.6. The third-order valence-corrected chi connectivity index (χ3v) is 11.2. The molecule has 11 heteroatoms. The van der Waals surface area contributed by atoms with E-state index in [1.807, 2.05) is 0 Å². The minimum Gasteiger partial charge on any atom is -0.271 e. The van der Waals surface area contributed by atoms with Crippen molar-refractivity contribution in [2.24, 2.45) is 16.4 Å². The SMILES string of the molecule is CC(C)(C)C1CCC(=NNC(=O)[C@@H]2CN(S(=O)(=O)c3ccccc3)CCN2S(=O)(=O)c2ccccc2)CC1. The van der Waals surface area contributed by atoms with Gasteiger partial charge in [0.15, 0.2) is 0 Å². The lowest BCUT2D eigenvalue weighted by atomic mass is 9.72. The number of sulfonamides is 2. The molecule has 206 valence electrons. The van der Waals surface area contributed by atoms with Crippen molar-refractivity contribution >= 4 is 31.7 Å². The first-order valence-corrected chi connectivity index (χ1v) is 15.8. The van der Waals surface area contributed by atoms with E-state index in [0.29, 0.717) is 5.92 Å². The van der Waals surface area contributed by atoms with E-state index in [-0.39, 0.29) is 34.8 Å². The minimum absolute atomic E-state index is 0.0454. The van der Waals surface area contributed by atoms with Crippen molar-refractivity contribution < 1.29 is 21.6 Å². The van der Waals surface area contributed by atoms with E-state index in [9.17, 15) is 21.6 Å². The second-order valence-electron chi connectivity index (χ2n) is 10.9. The van der Waals surface area contributed by atoms with Crippen molar-refractivity contribution in [2.75, 3.05) is 19.6 Å². The number of hydrogen-bond acceptors (Lipinski definition) is 6. The molecule has 2 fully saturated rings. The number of hydrazone groups is 1.